The number of benzene rings is 1. The Kier molecular flexibility index (Phi) is 5.40. The molecule has 0 spiro atoms. The molecule has 1 aliphatic heterocycles. The van der Waals surface area contributed by atoms with Gasteiger partial charge in [0.2, 0.25) is 0 Å². The molecule has 1 aliphatic rings. The predicted octanol–water partition coefficient (Wildman–Crippen LogP) is 1.90. The first kappa shape index (κ1) is 15.3. The van der Waals surface area contributed by atoms with Gasteiger partial charge in [-0.25, -0.2) is 0 Å². The van der Waals surface area contributed by atoms with Gasteiger partial charge in [-0.1, -0.05) is 12.1 Å². The Morgan fingerprint density at radius 1 is 1.45 bits per heavy atom. The van der Waals surface area contributed by atoms with Gasteiger partial charge in [-0.2, -0.15) is 0 Å². The van der Waals surface area contributed by atoms with Gasteiger partial charge in [0.05, 0.1) is 12.7 Å². The van der Waals surface area contributed by atoms with Gasteiger partial charge in [-0.05, 0) is 37.1 Å². The molecule has 2 rings (SSSR count). The molecule has 1 aromatic carbocycles. The molecule has 0 unspecified atom stereocenters. The zero-order chi connectivity index (χ0) is 14.5. The number of aliphatic hydroxyl groups excluding tert-OH is 1. The fourth-order valence-electron chi connectivity index (χ4n) is 2.95. The highest BCUT2D eigenvalue weighted by Crippen LogP contribution is 2.33. The molecule has 1 fully saturated rings. The van der Waals surface area contributed by atoms with Crippen molar-refractivity contribution in [2.75, 3.05) is 45.8 Å². The van der Waals surface area contributed by atoms with Crippen LogP contribution >= 0.6 is 0 Å². The Balaban J connectivity index is 2.08. The number of ether oxygens (including phenoxy) is 1. The molecule has 0 aromatic heterocycles. The lowest BCUT2D eigenvalue weighted by Gasteiger charge is -2.27. The van der Waals surface area contributed by atoms with E-state index >= 15 is 0 Å². The van der Waals surface area contributed by atoms with Gasteiger partial charge in [-0.3, -0.25) is 4.90 Å². The molecule has 1 aromatic rings. The summed E-state index contributed by atoms with van der Waals surface area (Å²) in [6.45, 7) is 2.14. The summed E-state index contributed by atoms with van der Waals surface area (Å²) in [6.07, 6.45) is 1.95. The van der Waals surface area contributed by atoms with E-state index in [-0.39, 0.29) is 0 Å². The molecular weight excluding hydrogens is 252 g/mol. The summed E-state index contributed by atoms with van der Waals surface area (Å²) in [5.74, 6) is 0. The first-order valence-corrected chi connectivity index (χ1v) is 7.30. The molecular formula is C16H26N2O2. The summed E-state index contributed by atoms with van der Waals surface area (Å²) in [4.78, 5) is 4.50. The maximum Gasteiger partial charge on any atom is 0.0900 e. The van der Waals surface area contributed by atoms with E-state index in [1.165, 1.54) is 17.7 Å². The molecule has 0 saturated carbocycles. The van der Waals surface area contributed by atoms with Crippen molar-refractivity contribution in [1.82, 2.24) is 4.90 Å². The van der Waals surface area contributed by atoms with Crippen molar-refractivity contribution >= 4 is 5.69 Å². The summed E-state index contributed by atoms with van der Waals surface area (Å²) in [5, 5.41) is 9.94. The van der Waals surface area contributed by atoms with E-state index < -0.39 is 6.10 Å². The summed E-state index contributed by atoms with van der Waals surface area (Å²) in [5.41, 5.74) is 2.57. The highest BCUT2D eigenvalue weighted by molar-refractivity contribution is 5.48. The largest absolute Gasteiger partial charge is 0.389 e. The molecule has 1 saturated heterocycles. The Bertz CT molecular complexity index is 423. The van der Waals surface area contributed by atoms with Crippen LogP contribution in [0.2, 0.25) is 0 Å². The van der Waals surface area contributed by atoms with Crippen molar-refractivity contribution in [3.05, 3.63) is 29.8 Å². The van der Waals surface area contributed by atoms with Crippen LogP contribution in [0.4, 0.5) is 5.69 Å². The molecule has 4 heteroatoms. The van der Waals surface area contributed by atoms with Gasteiger partial charge in [0, 0.05) is 39.5 Å². The fourth-order valence-corrected chi connectivity index (χ4v) is 2.95. The second-order valence-electron chi connectivity index (χ2n) is 5.75. The van der Waals surface area contributed by atoms with Gasteiger partial charge in [0.1, 0.15) is 0 Å². The average molecular weight is 278 g/mol. The number of anilines is 1. The zero-order valence-electron chi connectivity index (χ0n) is 12.7. The number of β-amino-alcohol motifs (C(OH)–C–C–N with tert-alkyl or cyclic N) is 1. The van der Waals surface area contributed by atoms with Gasteiger partial charge >= 0.3 is 0 Å². The Hall–Kier alpha value is -1.10. The number of hydrogen-bond acceptors (Lipinski definition) is 4. The number of rotatable bonds is 6. The SMILES string of the molecule is COC[C@@H](O)CN1CCC[C@H]1c1cccc(N(C)C)c1. The lowest BCUT2D eigenvalue weighted by Crippen LogP contribution is -2.34. The molecule has 4 nitrogen and oxygen atoms in total. The van der Waals surface area contributed by atoms with Gasteiger partial charge in [0.15, 0.2) is 0 Å². The van der Waals surface area contributed by atoms with Crippen LogP contribution in [0.3, 0.4) is 0 Å². The fraction of sp³-hybridized carbons (Fsp3) is 0.625. The van der Waals surface area contributed by atoms with Crippen molar-refractivity contribution in [1.29, 1.82) is 0 Å². The van der Waals surface area contributed by atoms with Crippen molar-refractivity contribution in [2.45, 2.75) is 25.0 Å². The van der Waals surface area contributed by atoms with E-state index in [1.807, 2.05) is 0 Å². The summed E-state index contributed by atoms with van der Waals surface area (Å²) < 4.78 is 5.02. The molecule has 0 aliphatic carbocycles. The average Bonchev–Trinajstić information content (AvgIpc) is 2.87. The molecule has 0 bridgehead atoms. The molecule has 1 heterocycles. The monoisotopic (exact) mass is 278 g/mol. The number of nitrogens with zero attached hydrogens (tertiary/aromatic N) is 2. The smallest absolute Gasteiger partial charge is 0.0900 e. The van der Waals surface area contributed by atoms with E-state index in [4.69, 9.17) is 4.74 Å². The van der Waals surface area contributed by atoms with Gasteiger partial charge in [-0.15, -0.1) is 0 Å². The quantitative estimate of drug-likeness (QED) is 0.862. The maximum atomic E-state index is 9.94. The second-order valence-corrected chi connectivity index (χ2v) is 5.75. The van der Waals surface area contributed by atoms with Crippen molar-refractivity contribution in [3.8, 4) is 0 Å². The van der Waals surface area contributed by atoms with Crippen molar-refractivity contribution in [2.24, 2.45) is 0 Å². The summed E-state index contributed by atoms with van der Waals surface area (Å²) in [6, 6.07) is 9.11. The third kappa shape index (κ3) is 3.72. The van der Waals surface area contributed by atoms with Crippen molar-refractivity contribution in [3.63, 3.8) is 0 Å². The van der Waals surface area contributed by atoms with Gasteiger partial charge in [0.25, 0.3) is 0 Å². The van der Waals surface area contributed by atoms with Crippen LogP contribution in [0.1, 0.15) is 24.4 Å². The minimum atomic E-state index is -0.405. The topological polar surface area (TPSA) is 35.9 Å². The van der Waals surface area contributed by atoms with Crippen molar-refractivity contribution < 1.29 is 9.84 Å². The highest BCUT2D eigenvalue weighted by atomic mass is 16.5. The molecule has 1 N–H and O–H groups in total. The lowest BCUT2D eigenvalue weighted by molar-refractivity contribution is 0.0346. The maximum absolute atomic E-state index is 9.94. The van der Waals surface area contributed by atoms with Gasteiger partial charge < -0.3 is 14.7 Å². The van der Waals surface area contributed by atoms with E-state index in [2.05, 4.69) is 48.2 Å². The van der Waals surface area contributed by atoms with E-state index in [1.54, 1.807) is 7.11 Å². The van der Waals surface area contributed by atoms with Crippen LogP contribution in [-0.4, -0.2) is 57.0 Å². The number of aliphatic hydroxyl groups is 1. The number of methoxy groups -OCH3 is 1. The Morgan fingerprint density at radius 3 is 2.95 bits per heavy atom. The van der Waals surface area contributed by atoms with Crippen LogP contribution in [0.25, 0.3) is 0 Å². The Labute approximate surface area is 122 Å². The van der Waals surface area contributed by atoms with Crippen LogP contribution in [0, 0.1) is 0 Å². The molecule has 20 heavy (non-hydrogen) atoms. The highest BCUT2D eigenvalue weighted by Gasteiger charge is 2.27. The normalized spacial score (nSPS) is 21.1. The Morgan fingerprint density at radius 2 is 2.25 bits per heavy atom. The number of likely N-dealkylation sites (tertiary alicyclic amines) is 1. The van der Waals surface area contributed by atoms with E-state index in [9.17, 15) is 5.11 Å². The summed E-state index contributed by atoms with van der Waals surface area (Å²) in [7, 11) is 5.76. The van der Waals surface area contributed by atoms with Crippen LogP contribution in [0.5, 0.6) is 0 Å². The second kappa shape index (κ2) is 7.07. The van der Waals surface area contributed by atoms with Crippen LogP contribution in [-0.2, 0) is 4.74 Å². The van der Waals surface area contributed by atoms with E-state index in [0.29, 0.717) is 19.2 Å². The minimum Gasteiger partial charge on any atom is -0.389 e. The summed E-state index contributed by atoms with van der Waals surface area (Å²) >= 11 is 0. The zero-order valence-corrected chi connectivity index (χ0v) is 12.7. The molecule has 2 atom stereocenters. The minimum absolute atomic E-state index is 0.404. The first-order valence-electron chi connectivity index (χ1n) is 7.30. The third-order valence-corrected chi connectivity index (χ3v) is 3.94. The van der Waals surface area contributed by atoms with Crippen LogP contribution < -0.4 is 4.90 Å². The standard InChI is InChI=1S/C16H26N2O2/c1-17(2)14-7-4-6-13(10-14)16-8-5-9-18(16)11-15(19)12-20-3/h4,6-7,10,15-16,19H,5,8-9,11-12H2,1-3H3/t15-,16-/m0/s1. The van der Waals surface area contributed by atoms with Crippen LogP contribution in [0.15, 0.2) is 24.3 Å². The predicted molar refractivity (Wildman–Crippen MR) is 82.2 cm³/mol. The molecule has 0 amide bonds. The van der Waals surface area contributed by atoms with E-state index in [0.717, 1.165) is 13.0 Å². The molecule has 112 valence electrons. The number of hydrogen-bond donors (Lipinski definition) is 1. The first-order chi connectivity index (χ1) is 9.61. The lowest BCUT2D eigenvalue weighted by atomic mass is 10.0. The third-order valence-electron chi connectivity index (χ3n) is 3.94. The molecule has 0 radical (unpaired) electrons.